The molecule has 0 radical (unpaired) electrons. The van der Waals surface area contributed by atoms with Crippen LogP contribution in [0.15, 0.2) is 160 Å². The predicted molar refractivity (Wildman–Crippen MR) is 397 cm³/mol. The Morgan fingerprint density at radius 2 is 0.903 bits per heavy atom. The van der Waals surface area contributed by atoms with Crippen molar-refractivity contribution in [1.29, 1.82) is 0 Å². The summed E-state index contributed by atoms with van der Waals surface area (Å²) in [6.07, 6.45) is 6.82. The molecule has 3 aliphatic carbocycles. The predicted octanol–water partition coefficient (Wildman–Crippen LogP) is 23.6. The van der Waals surface area contributed by atoms with Crippen LogP contribution in [0.1, 0.15) is 213 Å². The van der Waals surface area contributed by atoms with E-state index in [9.17, 15) is 0 Å². The van der Waals surface area contributed by atoms with Crippen LogP contribution in [-0.2, 0) is 43.3 Å². The van der Waals surface area contributed by atoms with E-state index in [0.29, 0.717) is 0 Å². The first-order valence-corrected chi connectivity index (χ1v) is 34.8. The second kappa shape index (κ2) is 19.6. The molecule has 16 rings (SSSR count). The fourth-order valence-corrected chi connectivity index (χ4v) is 17.5. The van der Waals surface area contributed by atoms with Crippen molar-refractivity contribution in [2.45, 2.75) is 213 Å². The molecule has 2 aliphatic heterocycles. The number of nitrogens with zero attached hydrogens (tertiary/aromatic N) is 3. The molecule has 0 unspecified atom stereocenters. The molecule has 0 fully saturated rings. The van der Waals surface area contributed by atoms with E-state index in [2.05, 4.69) is 298 Å². The van der Waals surface area contributed by atoms with Gasteiger partial charge in [0.05, 0.1) is 0 Å². The van der Waals surface area contributed by atoms with Gasteiger partial charge in [0.15, 0.2) is 0 Å². The molecule has 2 aromatic heterocycles. The molecule has 5 nitrogen and oxygen atoms in total. The zero-order valence-corrected chi connectivity index (χ0v) is 58.9. The molecule has 6 heteroatoms. The number of benzene rings is 9. The highest BCUT2D eigenvalue weighted by Crippen LogP contribution is 2.57. The summed E-state index contributed by atoms with van der Waals surface area (Å²) in [5, 5.41) is 4.57. The van der Waals surface area contributed by atoms with E-state index in [1.807, 2.05) is 0 Å². The summed E-state index contributed by atoms with van der Waals surface area (Å²) in [5.74, 6) is 0. The zero-order valence-electron chi connectivity index (χ0n) is 58.9. The molecule has 5 aliphatic rings. The number of para-hydroxylation sites is 1. The Morgan fingerprint density at radius 1 is 0.398 bits per heavy atom. The molecule has 0 saturated heterocycles. The summed E-state index contributed by atoms with van der Waals surface area (Å²) in [6.45, 7) is 45.4. The summed E-state index contributed by atoms with van der Waals surface area (Å²) in [5.41, 5.74) is 30.2. The Hall–Kier alpha value is -7.96. The van der Waals surface area contributed by atoms with Gasteiger partial charge in [-0.15, -0.1) is 0 Å². The number of hydrogen-bond donors (Lipinski definition) is 0. The minimum atomic E-state index is -0.295. The van der Waals surface area contributed by atoms with Gasteiger partial charge in [-0.25, -0.2) is 0 Å². The summed E-state index contributed by atoms with van der Waals surface area (Å²) >= 11 is 0. The van der Waals surface area contributed by atoms with Gasteiger partial charge in [0, 0.05) is 84.2 Å². The molecule has 0 saturated carbocycles. The van der Waals surface area contributed by atoms with Gasteiger partial charge in [-0.3, -0.25) is 0 Å². The van der Waals surface area contributed by atoms with Crippen molar-refractivity contribution in [3.63, 3.8) is 0 Å². The maximum Gasteiger partial charge on any atom is 0.333 e. The van der Waals surface area contributed by atoms with Crippen LogP contribution >= 0.6 is 0 Å². The first-order chi connectivity index (χ1) is 43.7. The number of furan rings is 2. The number of hydrogen-bond acceptors (Lipinski definition) is 5. The van der Waals surface area contributed by atoms with Crippen LogP contribution in [0.3, 0.4) is 0 Å². The highest BCUT2D eigenvalue weighted by molar-refractivity contribution is 6.94. The average molecular weight is 1220 g/mol. The fourth-order valence-electron chi connectivity index (χ4n) is 17.5. The molecule has 93 heavy (non-hydrogen) atoms. The van der Waals surface area contributed by atoms with Gasteiger partial charge in [-0.2, -0.15) is 0 Å². The van der Waals surface area contributed by atoms with Gasteiger partial charge in [-0.05, 0) is 235 Å². The number of anilines is 8. The Bertz CT molecular complexity index is 4910. The van der Waals surface area contributed by atoms with Gasteiger partial charge >= 0.3 is 6.85 Å². The zero-order chi connectivity index (χ0) is 65.4. The van der Waals surface area contributed by atoms with Gasteiger partial charge in [0.1, 0.15) is 22.3 Å². The first-order valence-electron chi connectivity index (χ1n) is 34.8. The van der Waals surface area contributed by atoms with Crippen LogP contribution in [0.2, 0.25) is 0 Å². The molecule has 472 valence electrons. The molecular weight excluding hydrogens is 1130 g/mol. The van der Waals surface area contributed by atoms with E-state index in [4.69, 9.17) is 8.83 Å². The van der Waals surface area contributed by atoms with Crippen LogP contribution in [0.4, 0.5) is 45.5 Å². The van der Waals surface area contributed by atoms with Gasteiger partial charge in [0.25, 0.3) is 0 Å². The van der Waals surface area contributed by atoms with Crippen LogP contribution in [0, 0.1) is 6.92 Å². The van der Waals surface area contributed by atoms with E-state index in [-0.39, 0.29) is 50.2 Å². The van der Waals surface area contributed by atoms with E-state index >= 15 is 0 Å². The summed E-state index contributed by atoms with van der Waals surface area (Å²) in [4.78, 5) is 7.91. The van der Waals surface area contributed by atoms with E-state index in [1.165, 1.54) is 83.4 Å². The third-order valence-corrected chi connectivity index (χ3v) is 23.9. The van der Waals surface area contributed by atoms with Crippen molar-refractivity contribution in [2.75, 3.05) is 14.6 Å². The quantitative estimate of drug-likeness (QED) is 0.161. The van der Waals surface area contributed by atoms with Gasteiger partial charge in [-0.1, -0.05) is 185 Å². The van der Waals surface area contributed by atoms with Crippen molar-refractivity contribution in [2.24, 2.45) is 0 Å². The molecule has 4 heterocycles. The fraction of sp³-hybridized carbons (Fsp3) is 0.379. The van der Waals surface area contributed by atoms with Crippen LogP contribution < -0.4 is 25.5 Å². The largest absolute Gasteiger partial charge is 0.456 e. The molecule has 0 atom stereocenters. The van der Waals surface area contributed by atoms with Crippen LogP contribution in [0.25, 0.3) is 55.0 Å². The lowest BCUT2D eigenvalue weighted by molar-refractivity contribution is 0.332. The van der Waals surface area contributed by atoms with Crippen molar-refractivity contribution in [3.8, 4) is 11.1 Å². The standard InChI is InChI=1S/C87H94BN3O2/c1-51-42-64-67(86(16,17)40-38-83(64,10)11)48-71(51)90-72-50-76-60(59-45-66-68(49-75(59)92-76)87(18,19)41-39-85(66,14)15)46-69(72)88-78-73(90)47-61-58-22-20-21-23-74(58)93-79(61)77(78)62-43-56(33-35-70(62)91(88)57-32-34-63-65(44-57)84(12,13)37-36-82(63,8)9)89(54-28-24-52(25-29-54)80(2,3)4)55-30-26-53(27-31-55)81(5,6)7/h20-35,42-50H,36-41H2,1-19H3. The number of aryl methyl sites for hydroxylation is 1. The first kappa shape index (κ1) is 60.0. The third kappa shape index (κ3) is 9.05. The number of rotatable bonds is 5. The summed E-state index contributed by atoms with van der Waals surface area (Å²) in [7, 11) is 0. The Kier molecular flexibility index (Phi) is 12.6. The average Bonchev–Trinajstić information content (AvgIpc) is 1.66. The lowest BCUT2D eigenvalue weighted by Gasteiger charge is -2.48. The molecule has 0 N–H and O–H groups in total. The van der Waals surface area contributed by atoms with E-state index < -0.39 is 0 Å². The maximum absolute atomic E-state index is 7.52. The van der Waals surface area contributed by atoms with Crippen LogP contribution in [0.5, 0.6) is 0 Å². The molecule has 11 aromatic rings. The maximum atomic E-state index is 7.52. The highest BCUT2D eigenvalue weighted by Gasteiger charge is 2.50. The lowest BCUT2D eigenvalue weighted by atomic mass is 9.43. The van der Waals surface area contributed by atoms with Gasteiger partial charge in [0.2, 0.25) is 0 Å². The van der Waals surface area contributed by atoms with Crippen molar-refractivity contribution in [3.05, 3.63) is 202 Å². The minimum absolute atomic E-state index is 0.00345. The third-order valence-electron chi connectivity index (χ3n) is 23.9. The second-order valence-corrected chi connectivity index (χ2v) is 35.0. The second-order valence-electron chi connectivity index (χ2n) is 35.0. The van der Waals surface area contributed by atoms with Crippen LogP contribution in [-0.4, -0.2) is 6.85 Å². The number of fused-ring (bicyclic) bond motifs is 14. The van der Waals surface area contributed by atoms with E-state index in [0.717, 1.165) is 117 Å². The van der Waals surface area contributed by atoms with Crippen molar-refractivity contribution in [1.82, 2.24) is 0 Å². The normalized spacial score (nSPS) is 18.7. The molecule has 9 aromatic carbocycles. The smallest absolute Gasteiger partial charge is 0.333 e. The molecule has 0 bridgehead atoms. The Labute approximate surface area is 553 Å². The molecule has 0 amide bonds. The van der Waals surface area contributed by atoms with Gasteiger partial charge < -0.3 is 23.4 Å². The Balaban J connectivity index is 1.06. The summed E-state index contributed by atoms with van der Waals surface area (Å²) in [6, 6.07) is 59.9. The lowest BCUT2D eigenvalue weighted by Crippen LogP contribution is -2.61. The molecule has 0 spiro atoms. The highest BCUT2D eigenvalue weighted by atomic mass is 16.3. The van der Waals surface area contributed by atoms with E-state index in [1.54, 1.807) is 0 Å². The monoisotopic (exact) mass is 1220 g/mol. The SMILES string of the molecule is Cc1cc2c(cc1N1c3cc4oc5cc6c(cc5c4cc3B3c4c1cc1c(oc5ccccc51)c4-c1cc(N(c4ccc(C(C)(C)C)cc4)c4ccc(C(C)(C)C)cc4)ccc1N3c1ccc3c(c1)C(C)(C)CCC3(C)C)C(C)(C)CCC6(C)C)C(C)(C)CCC2(C)C. The van der Waals surface area contributed by atoms with Crippen molar-refractivity contribution >= 4 is 107 Å². The topological polar surface area (TPSA) is 36.0 Å². The van der Waals surface area contributed by atoms with Crippen molar-refractivity contribution < 1.29 is 8.83 Å². The summed E-state index contributed by atoms with van der Waals surface area (Å²) < 4.78 is 14.9. The Morgan fingerprint density at radius 3 is 1.49 bits per heavy atom. The molecular formula is C87H94BN3O2. The minimum Gasteiger partial charge on any atom is -0.456 e.